The average Bonchev–Trinajstić information content (AvgIpc) is 2.19. The predicted molar refractivity (Wildman–Crippen MR) is 61.1 cm³/mol. The van der Waals surface area contributed by atoms with E-state index < -0.39 is 0 Å². The van der Waals surface area contributed by atoms with Gasteiger partial charge in [-0.05, 0) is 30.0 Å². The fourth-order valence-corrected chi connectivity index (χ4v) is 1.36. The quantitative estimate of drug-likeness (QED) is 0.756. The highest BCUT2D eigenvalue weighted by Gasteiger charge is 2.11. The number of hydrogen-bond acceptors (Lipinski definition) is 1. The van der Waals surface area contributed by atoms with E-state index in [0.717, 1.165) is 0 Å². The van der Waals surface area contributed by atoms with Gasteiger partial charge in [0.2, 0.25) is 0 Å². The maximum Gasteiger partial charge on any atom is 0.303 e. The van der Waals surface area contributed by atoms with Gasteiger partial charge in [-0.1, -0.05) is 6.07 Å². The van der Waals surface area contributed by atoms with Gasteiger partial charge in [-0.15, -0.1) is 0 Å². The van der Waals surface area contributed by atoms with E-state index in [1.165, 1.54) is 17.0 Å². The number of carbonyl (C=O) groups excluding carboxylic acids is 1. The molecule has 0 atom stereocenters. The van der Waals surface area contributed by atoms with Gasteiger partial charge in [0.05, 0.1) is 0 Å². The molecule has 4 heteroatoms. The summed E-state index contributed by atoms with van der Waals surface area (Å²) in [6.45, 7) is 2.25. The summed E-state index contributed by atoms with van der Waals surface area (Å²) in [5.41, 5.74) is 0.512. The summed E-state index contributed by atoms with van der Waals surface area (Å²) in [6, 6.07) is 5.86. The molecule has 0 saturated heterocycles. The molecule has 0 aromatic heterocycles. The molecule has 0 saturated carbocycles. The van der Waals surface area contributed by atoms with Crippen molar-refractivity contribution in [3.8, 4) is 10.8 Å². The number of hydrogen-bond donors (Lipinski definition) is 0. The number of anilines is 1. The molecule has 0 N–H and O–H groups in total. The zero-order valence-corrected chi connectivity index (χ0v) is 9.71. The lowest BCUT2D eigenvalue weighted by atomic mass is 10.2. The van der Waals surface area contributed by atoms with Crippen LogP contribution in [0.3, 0.4) is 0 Å². The highest BCUT2D eigenvalue weighted by molar-refractivity contribution is 9.12. The summed E-state index contributed by atoms with van der Waals surface area (Å²) >= 11 is 2.85. The summed E-state index contributed by atoms with van der Waals surface area (Å²) in [6.07, 6.45) is 0. The van der Waals surface area contributed by atoms with Crippen LogP contribution in [0.1, 0.15) is 6.92 Å². The van der Waals surface area contributed by atoms with Gasteiger partial charge in [-0.3, -0.25) is 4.79 Å². The SMILES string of the molecule is CCN(C(=O)C#CBr)c1cccc(F)c1. The van der Waals surface area contributed by atoms with Crippen LogP contribution >= 0.6 is 15.9 Å². The summed E-state index contributed by atoms with van der Waals surface area (Å²) in [4.78, 5) is 15.2. The molecule has 0 aliphatic heterocycles. The second-order valence-electron chi connectivity index (χ2n) is 2.75. The first-order valence-electron chi connectivity index (χ1n) is 4.37. The lowest BCUT2D eigenvalue weighted by molar-refractivity contribution is -0.113. The molecule has 1 aromatic carbocycles. The standard InChI is InChI=1S/C11H9BrFNO/c1-2-14(11(15)6-7-12)10-5-3-4-9(13)8-10/h3-5,8H,2H2,1H3. The predicted octanol–water partition coefficient (Wildman–Crippen LogP) is 2.53. The summed E-state index contributed by atoms with van der Waals surface area (Å²) in [5, 5.41) is 0. The Hall–Kier alpha value is -1.34. The number of benzene rings is 1. The van der Waals surface area contributed by atoms with Crippen molar-refractivity contribution < 1.29 is 9.18 Å². The van der Waals surface area contributed by atoms with Crippen LogP contribution in [0.5, 0.6) is 0 Å². The molecule has 1 aromatic rings. The molecule has 1 rings (SSSR count). The molecule has 1 amide bonds. The number of halogens is 2. The van der Waals surface area contributed by atoms with E-state index in [1.807, 2.05) is 0 Å². The third-order valence-electron chi connectivity index (χ3n) is 1.84. The smallest absolute Gasteiger partial charge is 0.302 e. The van der Waals surface area contributed by atoms with E-state index >= 15 is 0 Å². The van der Waals surface area contributed by atoms with Gasteiger partial charge in [0.1, 0.15) is 5.82 Å². The van der Waals surface area contributed by atoms with Crippen molar-refractivity contribution in [2.75, 3.05) is 11.4 Å². The first-order valence-corrected chi connectivity index (χ1v) is 5.17. The zero-order valence-electron chi connectivity index (χ0n) is 8.13. The van der Waals surface area contributed by atoms with Crippen molar-refractivity contribution >= 4 is 27.5 Å². The summed E-state index contributed by atoms with van der Waals surface area (Å²) < 4.78 is 12.9. The van der Waals surface area contributed by atoms with Crippen molar-refractivity contribution in [1.82, 2.24) is 0 Å². The second kappa shape index (κ2) is 5.52. The number of nitrogens with zero attached hydrogens (tertiary/aromatic N) is 1. The maximum atomic E-state index is 12.9. The van der Waals surface area contributed by atoms with Crippen LogP contribution in [0.25, 0.3) is 0 Å². The normalized spacial score (nSPS) is 9.00. The maximum absolute atomic E-state index is 12.9. The molecule has 0 unspecified atom stereocenters. The van der Waals surface area contributed by atoms with Gasteiger partial charge in [-0.25, -0.2) is 4.39 Å². The molecule has 0 fully saturated rings. The van der Waals surface area contributed by atoms with Gasteiger partial charge in [0.15, 0.2) is 0 Å². The van der Waals surface area contributed by atoms with Crippen LogP contribution in [0.2, 0.25) is 0 Å². The molecular formula is C11H9BrFNO. The Morgan fingerprint density at radius 2 is 2.33 bits per heavy atom. The molecule has 0 bridgehead atoms. The molecule has 0 aliphatic carbocycles. The summed E-state index contributed by atoms with van der Waals surface area (Å²) in [7, 11) is 0. The van der Waals surface area contributed by atoms with E-state index in [2.05, 4.69) is 26.7 Å². The van der Waals surface area contributed by atoms with E-state index in [9.17, 15) is 9.18 Å². The molecule has 0 heterocycles. The largest absolute Gasteiger partial charge is 0.303 e. The van der Waals surface area contributed by atoms with Gasteiger partial charge in [-0.2, -0.15) is 0 Å². The van der Waals surface area contributed by atoms with Crippen LogP contribution < -0.4 is 4.90 Å². The minimum atomic E-state index is -0.370. The van der Waals surface area contributed by atoms with Gasteiger partial charge >= 0.3 is 5.91 Å². The minimum Gasteiger partial charge on any atom is -0.302 e. The Morgan fingerprint density at radius 1 is 1.60 bits per heavy atom. The third kappa shape index (κ3) is 3.07. The van der Waals surface area contributed by atoms with Crippen LogP contribution in [0.15, 0.2) is 24.3 Å². The number of carbonyl (C=O) groups is 1. The fraction of sp³-hybridized carbons (Fsp3) is 0.182. The Kier molecular flexibility index (Phi) is 4.32. The van der Waals surface area contributed by atoms with Crippen molar-refractivity contribution in [2.24, 2.45) is 0 Å². The van der Waals surface area contributed by atoms with Crippen LogP contribution in [0, 0.1) is 16.6 Å². The van der Waals surface area contributed by atoms with E-state index in [4.69, 9.17) is 0 Å². The first kappa shape index (κ1) is 11.7. The highest BCUT2D eigenvalue weighted by atomic mass is 79.9. The second-order valence-corrected chi connectivity index (χ2v) is 3.15. The van der Waals surface area contributed by atoms with E-state index in [0.29, 0.717) is 12.2 Å². The van der Waals surface area contributed by atoms with Crippen molar-refractivity contribution in [2.45, 2.75) is 6.92 Å². The molecule has 0 spiro atoms. The van der Waals surface area contributed by atoms with Crippen molar-refractivity contribution in [3.63, 3.8) is 0 Å². The molecule has 78 valence electrons. The molecule has 0 radical (unpaired) electrons. The number of rotatable bonds is 2. The van der Waals surface area contributed by atoms with Gasteiger partial charge < -0.3 is 4.90 Å². The van der Waals surface area contributed by atoms with E-state index in [1.54, 1.807) is 19.1 Å². The van der Waals surface area contributed by atoms with Crippen LogP contribution in [-0.4, -0.2) is 12.5 Å². The minimum absolute atomic E-state index is 0.361. The van der Waals surface area contributed by atoms with E-state index in [-0.39, 0.29) is 11.7 Å². The monoisotopic (exact) mass is 269 g/mol. The fourth-order valence-electron chi connectivity index (χ4n) is 1.20. The molecular weight excluding hydrogens is 261 g/mol. The Bertz CT molecular complexity index is 422. The Morgan fingerprint density at radius 3 is 2.87 bits per heavy atom. The molecule has 0 aliphatic rings. The Balaban J connectivity index is 3.00. The van der Waals surface area contributed by atoms with Crippen LogP contribution in [-0.2, 0) is 4.79 Å². The first-order chi connectivity index (χ1) is 7.19. The number of amides is 1. The highest BCUT2D eigenvalue weighted by Crippen LogP contribution is 2.15. The molecule has 15 heavy (non-hydrogen) atoms. The van der Waals surface area contributed by atoms with Gasteiger partial charge in [0, 0.05) is 34.1 Å². The lowest BCUT2D eigenvalue weighted by Crippen LogP contribution is -2.29. The molecule has 2 nitrogen and oxygen atoms in total. The third-order valence-corrected chi connectivity index (χ3v) is 2.03. The van der Waals surface area contributed by atoms with Crippen molar-refractivity contribution in [3.05, 3.63) is 30.1 Å². The van der Waals surface area contributed by atoms with Crippen molar-refractivity contribution in [1.29, 1.82) is 0 Å². The zero-order chi connectivity index (χ0) is 11.3. The van der Waals surface area contributed by atoms with Gasteiger partial charge in [0.25, 0.3) is 0 Å². The Labute approximate surface area is 96.2 Å². The summed E-state index contributed by atoms with van der Waals surface area (Å²) in [5.74, 6) is 1.61. The average molecular weight is 270 g/mol. The topological polar surface area (TPSA) is 20.3 Å². The lowest BCUT2D eigenvalue weighted by Gasteiger charge is -2.17. The van der Waals surface area contributed by atoms with Crippen LogP contribution in [0.4, 0.5) is 10.1 Å².